The summed E-state index contributed by atoms with van der Waals surface area (Å²) >= 11 is 7.22. The van der Waals surface area contributed by atoms with Crippen LogP contribution in [0.3, 0.4) is 0 Å². The molecule has 0 fully saturated rings. The first-order valence-corrected chi connectivity index (χ1v) is 7.52. The number of halogens is 4. The lowest BCUT2D eigenvalue weighted by Crippen LogP contribution is -2.04. The highest BCUT2D eigenvalue weighted by Gasteiger charge is 2.30. The van der Waals surface area contributed by atoms with Crippen molar-refractivity contribution in [3.63, 3.8) is 0 Å². The molecule has 22 heavy (non-hydrogen) atoms. The third-order valence-electron chi connectivity index (χ3n) is 3.07. The summed E-state index contributed by atoms with van der Waals surface area (Å²) in [4.78, 5) is 5.74. The van der Waals surface area contributed by atoms with Gasteiger partial charge < -0.3 is 0 Å². The van der Waals surface area contributed by atoms with E-state index in [1.165, 1.54) is 17.8 Å². The summed E-state index contributed by atoms with van der Waals surface area (Å²) in [5.74, 6) is 0. The highest BCUT2D eigenvalue weighted by molar-refractivity contribution is 7.99. The molecule has 2 aromatic carbocycles. The van der Waals surface area contributed by atoms with E-state index in [0.717, 1.165) is 21.9 Å². The van der Waals surface area contributed by atoms with Crippen LogP contribution < -0.4 is 0 Å². The SMILES string of the molecule is FC(F)(F)c1ccc2nccc(Sc3ccc(Cl)cc3)c2c1. The van der Waals surface area contributed by atoms with E-state index in [-0.39, 0.29) is 0 Å². The summed E-state index contributed by atoms with van der Waals surface area (Å²) in [6.45, 7) is 0. The zero-order chi connectivity index (χ0) is 15.7. The molecule has 0 saturated heterocycles. The number of rotatable bonds is 2. The predicted molar refractivity (Wildman–Crippen MR) is 82.3 cm³/mol. The topological polar surface area (TPSA) is 12.9 Å². The Morgan fingerprint density at radius 2 is 1.68 bits per heavy atom. The summed E-state index contributed by atoms with van der Waals surface area (Å²) in [7, 11) is 0. The van der Waals surface area contributed by atoms with Gasteiger partial charge in [0.2, 0.25) is 0 Å². The van der Waals surface area contributed by atoms with Crippen LogP contribution in [0.1, 0.15) is 5.56 Å². The van der Waals surface area contributed by atoms with Crippen molar-refractivity contribution in [1.29, 1.82) is 0 Å². The third-order valence-corrected chi connectivity index (χ3v) is 4.41. The van der Waals surface area contributed by atoms with Gasteiger partial charge in [-0.25, -0.2) is 0 Å². The molecule has 1 nitrogen and oxygen atoms in total. The summed E-state index contributed by atoms with van der Waals surface area (Å²) in [6, 6.07) is 12.4. The zero-order valence-electron chi connectivity index (χ0n) is 11.1. The van der Waals surface area contributed by atoms with E-state index >= 15 is 0 Å². The van der Waals surface area contributed by atoms with Gasteiger partial charge in [-0.2, -0.15) is 13.2 Å². The lowest BCUT2D eigenvalue weighted by atomic mass is 10.1. The van der Waals surface area contributed by atoms with E-state index in [4.69, 9.17) is 11.6 Å². The average molecular weight is 340 g/mol. The Morgan fingerprint density at radius 3 is 2.36 bits per heavy atom. The average Bonchev–Trinajstić information content (AvgIpc) is 2.48. The second kappa shape index (κ2) is 5.82. The first-order valence-electron chi connectivity index (χ1n) is 6.33. The molecule has 0 aliphatic heterocycles. The third kappa shape index (κ3) is 3.20. The number of nitrogens with zero attached hydrogens (tertiary/aromatic N) is 1. The van der Waals surface area contributed by atoms with E-state index in [1.807, 2.05) is 12.1 Å². The van der Waals surface area contributed by atoms with Crippen molar-refractivity contribution >= 4 is 34.3 Å². The first-order chi connectivity index (χ1) is 10.4. The van der Waals surface area contributed by atoms with Gasteiger partial charge in [-0.1, -0.05) is 23.4 Å². The molecule has 0 amide bonds. The van der Waals surface area contributed by atoms with Crippen LogP contribution >= 0.6 is 23.4 Å². The lowest BCUT2D eigenvalue weighted by Gasteiger charge is -2.10. The van der Waals surface area contributed by atoms with Gasteiger partial charge in [0, 0.05) is 26.4 Å². The van der Waals surface area contributed by atoms with Gasteiger partial charge >= 0.3 is 6.18 Å². The Balaban J connectivity index is 2.06. The van der Waals surface area contributed by atoms with Crippen molar-refractivity contribution in [2.75, 3.05) is 0 Å². The monoisotopic (exact) mass is 339 g/mol. The van der Waals surface area contributed by atoms with Crippen LogP contribution in [0.15, 0.2) is 64.5 Å². The molecule has 0 spiro atoms. The summed E-state index contributed by atoms with van der Waals surface area (Å²) in [5.41, 5.74) is -0.141. The summed E-state index contributed by atoms with van der Waals surface area (Å²) in [5, 5.41) is 1.10. The van der Waals surface area contributed by atoms with Crippen LogP contribution in [-0.4, -0.2) is 4.98 Å². The van der Waals surface area contributed by atoms with Gasteiger partial charge in [-0.3, -0.25) is 4.98 Å². The molecule has 0 aliphatic carbocycles. The Labute approximate surface area is 134 Å². The highest BCUT2D eigenvalue weighted by Crippen LogP contribution is 2.36. The molecule has 0 atom stereocenters. The van der Waals surface area contributed by atoms with Gasteiger partial charge in [0.1, 0.15) is 0 Å². The fourth-order valence-corrected chi connectivity index (χ4v) is 3.07. The second-order valence-electron chi connectivity index (χ2n) is 4.59. The van der Waals surface area contributed by atoms with Crippen molar-refractivity contribution in [1.82, 2.24) is 4.98 Å². The van der Waals surface area contributed by atoms with E-state index in [9.17, 15) is 13.2 Å². The number of hydrogen-bond donors (Lipinski definition) is 0. The largest absolute Gasteiger partial charge is 0.416 e. The van der Waals surface area contributed by atoms with Gasteiger partial charge in [0.15, 0.2) is 0 Å². The lowest BCUT2D eigenvalue weighted by molar-refractivity contribution is -0.137. The molecule has 6 heteroatoms. The van der Waals surface area contributed by atoms with Crippen molar-refractivity contribution in [3.05, 3.63) is 65.3 Å². The molecule has 1 aromatic heterocycles. The maximum atomic E-state index is 12.9. The number of pyridine rings is 1. The van der Waals surface area contributed by atoms with E-state index in [0.29, 0.717) is 15.9 Å². The highest BCUT2D eigenvalue weighted by atomic mass is 35.5. The predicted octanol–water partition coefficient (Wildman–Crippen LogP) is 6.06. The van der Waals surface area contributed by atoms with Gasteiger partial charge in [-0.05, 0) is 48.5 Å². The number of benzene rings is 2. The number of hydrogen-bond acceptors (Lipinski definition) is 2. The minimum absolute atomic E-state index is 0.484. The van der Waals surface area contributed by atoms with Gasteiger partial charge in [0.25, 0.3) is 0 Å². The van der Waals surface area contributed by atoms with Crippen LogP contribution in [-0.2, 0) is 6.18 Å². The molecular formula is C16H9ClF3NS. The van der Waals surface area contributed by atoms with E-state index in [1.54, 1.807) is 24.4 Å². The van der Waals surface area contributed by atoms with Crippen molar-refractivity contribution < 1.29 is 13.2 Å². The fraction of sp³-hybridized carbons (Fsp3) is 0.0625. The van der Waals surface area contributed by atoms with Gasteiger partial charge in [-0.15, -0.1) is 0 Å². The maximum Gasteiger partial charge on any atom is 0.416 e. The zero-order valence-corrected chi connectivity index (χ0v) is 12.6. The number of fused-ring (bicyclic) bond motifs is 1. The van der Waals surface area contributed by atoms with Crippen LogP contribution in [0.4, 0.5) is 13.2 Å². The molecule has 1 heterocycles. The van der Waals surface area contributed by atoms with Crippen LogP contribution in [0.25, 0.3) is 10.9 Å². The van der Waals surface area contributed by atoms with Crippen LogP contribution in [0, 0.1) is 0 Å². The molecule has 0 radical (unpaired) electrons. The molecule has 0 bridgehead atoms. The van der Waals surface area contributed by atoms with Crippen molar-refractivity contribution in [2.24, 2.45) is 0 Å². The molecule has 3 rings (SSSR count). The maximum absolute atomic E-state index is 12.9. The van der Waals surface area contributed by atoms with Crippen LogP contribution in [0.2, 0.25) is 5.02 Å². The quantitative estimate of drug-likeness (QED) is 0.563. The smallest absolute Gasteiger partial charge is 0.256 e. The molecular weight excluding hydrogens is 331 g/mol. The molecule has 0 saturated carbocycles. The Hall–Kier alpha value is -1.72. The summed E-state index contributed by atoms with van der Waals surface area (Å²) < 4.78 is 38.6. The molecule has 0 unspecified atom stereocenters. The molecule has 112 valence electrons. The second-order valence-corrected chi connectivity index (χ2v) is 6.15. The molecule has 0 N–H and O–H groups in total. The van der Waals surface area contributed by atoms with Crippen molar-refractivity contribution in [2.45, 2.75) is 16.0 Å². The van der Waals surface area contributed by atoms with Crippen molar-refractivity contribution in [3.8, 4) is 0 Å². The molecule has 3 aromatic rings. The fourth-order valence-electron chi connectivity index (χ4n) is 2.02. The van der Waals surface area contributed by atoms with Gasteiger partial charge in [0.05, 0.1) is 11.1 Å². The Kier molecular flexibility index (Phi) is 4.02. The first kappa shape index (κ1) is 15.2. The number of alkyl halides is 3. The Bertz CT molecular complexity index is 816. The number of aromatic nitrogens is 1. The minimum Gasteiger partial charge on any atom is -0.256 e. The normalized spacial score (nSPS) is 11.8. The summed E-state index contributed by atoms with van der Waals surface area (Å²) in [6.07, 6.45) is -2.78. The molecule has 0 aliphatic rings. The van der Waals surface area contributed by atoms with Crippen LogP contribution in [0.5, 0.6) is 0 Å². The minimum atomic E-state index is -4.37. The van der Waals surface area contributed by atoms with E-state index < -0.39 is 11.7 Å². The van der Waals surface area contributed by atoms with E-state index in [2.05, 4.69) is 4.98 Å². The Morgan fingerprint density at radius 1 is 0.955 bits per heavy atom. The standard InChI is InChI=1S/C16H9ClF3NS/c17-11-2-4-12(5-3-11)22-15-7-8-21-14-6-1-10(9-13(14)15)16(18,19)20/h1-9H.